The van der Waals surface area contributed by atoms with Crippen molar-refractivity contribution in [1.82, 2.24) is 5.32 Å². The largest absolute Gasteiger partial charge is 0.489 e. The van der Waals surface area contributed by atoms with Crippen LogP contribution in [0.1, 0.15) is 38.5 Å². The summed E-state index contributed by atoms with van der Waals surface area (Å²) in [4.78, 5) is 12.4. The number of likely N-dealkylation sites (N-methyl/N-ethyl adjacent to an activating group) is 1. The molecule has 128 valence electrons. The van der Waals surface area contributed by atoms with Crippen LogP contribution in [-0.4, -0.2) is 32.1 Å². The van der Waals surface area contributed by atoms with Gasteiger partial charge in [-0.15, -0.1) is 0 Å². The number of nitrogens with two attached hydrogens (primary N) is 1. The van der Waals surface area contributed by atoms with Gasteiger partial charge in [-0.3, -0.25) is 4.79 Å². The third-order valence-electron chi connectivity index (χ3n) is 4.70. The van der Waals surface area contributed by atoms with E-state index in [2.05, 4.69) is 10.6 Å². The second-order valence-corrected chi connectivity index (χ2v) is 6.48. The standard InChI is InChI=1S/C18H29N3O2/c1-20-15-10-6-7-11-16(15)23-13-18(19,17(22)21-2)12-14-8-4-3-5-9-14/h6-7,10-11,14,20H,3-5,8-9,12-13,19H2,1-2H3,(H,21,22). The van der Waals surface area contributed by atoms with E-state index in [1.54, 1.807) is 7.05 Å². The van der Waals surface area contributed by atoms with E-state index in [-0.39, 0.29) is 12.5 Å². The van der Waals surface area contributed by atoms with Crippen LogP contribution in [0.5, 0.6) is 5.75 Å². The summed E-state index contributed by atoms with van der Waals surface area (Å²) >= 11 is 0. The number of rotatable bonds is 7. The summed E-state index contributed by atoms with van der Waals surface area (Å²) in [6.45, 7) is 0.182. The van der Waals surface area contributed by atoms with E-state index in [0.717, 1.165) is 24.3 Å². The molecule has 0 saturated heterocycles. The highest BCUT2D eigenvalue weighted by atomic mass is 16.5. The molecule has 1 unspecified atom stereocenters. The summed E-state index contributed by atoms with van der Waals surface area (Å²) in [6, 6.07) is 7.68. The molecule has 1 saturated carbocycles. The highest BCUT2D eigenvalue weighted by Gasteiger charge is 2.37. The van der Waals surface area contributed by atoms with Gasteiger partial charge in [0.15, 0.2) is 0 Å². The van der Waals surface area contributed by atoms with Crippen LogP contribution >= 0.6 is 0 Å². The molecular formula is C18H29N3O2. The molecule has 1 amide bonds. The Balaban J connectivity index is 2.06. The average Bonchev–Trinajstić information content (AvgIpc) is 2.60. The fraction of sp³-hybridized carbons (Fsp3) is 0.611. The second kappa shape index (κ2) is 8.20. The molecule has 4 N–H and O–H groups in total. The third-order valence-corrected chi connectivity index (χ3v) is 4.70. The first-order chi connectivity index (χ1) is 11.1. The van der Waals surface area contributed by atoms with Gasteiger partial charge < -0.3 is 21.1 Å². The van der Waals surface area contributed by atoms with E-state index in [4.69, 9.17) is 10.5 Å². The van der Waals surface area contributed by atoms with Crippen molar-refractivity contribution in [2.75, 3.05) is 26.0 Å². The molecule has 23 heavy (non-hydrogen) atoms. The van der Waals surface area contributed by atoms with E-state index in [9.17, 15) is 4.79 Å². The first-order valence-electron chi connectivity index (χ1n) is 8.49. The van der Waals surface area contributed by atoms with Gasteiger partial charge in [0.05, 0.1) is 5.69 Å². The Morgan fingerprint density at radius 2 is 1.96 bits per heavy atom. The van der Waals surface area contributed by atoms with E-state index < -0.39 is 5.54 Å². The van der Waals surface area contributed by atoms with Gasteiger partial charge in [-0.1, -0.05) is 44.2 Å². The minimum atomic E-state index is -0.988. The van der Waals surface area contributed by atoms with E-state index in [0.29, 0.717) is 12.3 Å². The number of benzene rings is 1. The van der Waals surface area contributed by atoms with Crippen molar-refractivity contribution in [2.45, 2.75) is 44.1 Å². The van der Waals surface area contributed by atoms with Gasteiger partial charge in [0.25, 0.3) is 0 Å². The Hall–Kier alpha value is -1.75. The van der Waals surface area contributed by atoms with Crippen LogP contribution < -0.4 is 21.1 Å². The van der Waals surface area contributed by atoms with Gasteiger partial charge in [0.1, 0.15) is 17.9 Å². The minimum Gasteiger partial charge on any atom is -0.489 e. The molecule has 1 aliphatic carbocycles. The van der Waals surface area contributed by atoms with Crippen molar-refractivity contribution in [1.29, 1.82) is 0 Å². The first-order valence-corrected chi connectivity index (χ1v) is 8.49. The van der Waals surface area contributed by atoms with E-state index in [1.807, 2.05) is 31.3 Å². The van der Waals surface area contributed by atoms with Gasteiger partial charge in [-0.25, -0.2) is 0 Å². The Morgan fingerprint density at radius 1 is 1.26 bits per heavy atom. The molecule has 0 aliphatic heterocycles. The zero-order valence-corrected chi connectivity index (χ0v) is 14.2. The lowest BCUT2D eigenvalue weighted by atomic mass is 9.79. The number of para-hydroxylation sites is 2. The molecule has 5 heteroatoms. The highest BCUT2D eigenvalue weighted by Crippen LogP contribution is 2.31. The lowest BCUT2D eigenvalue weighted by Crippen LogP contribution is -2.58. The fourth-order valence-electron chi connectivity index (χ4n) is 3.38. The maximum Gasteiger partial charge on any atom is 0.243 e. The molecule has 1 aliphatic rings. The summed E-state index contributed by atoms with van der Waals surface area (Å²) in [5, 5.41) is 5.79. The van der Waals surface area contributed by atoms with Crippen LogP contribution in [0, 0.1) is 5.92 Å². The number of ether oxygens (including phenoxy) is 1. The zero-order valence-electron chi connectivity index (χ0n) is 14.2. The topological polar surface area (TPSA) is 76.4 Å². The van der Waals surface area contributed by atoms with Gasteiger partial charge in [0, 0.05) is 14.1 Å². The maximum atomic E-state index is 12.4. The van der Waals surface area contributed by atoms with Gasteiger partial charge >= 0.3 is 0 Å². The van der Waals surface area contributed by atoms with Crippen LogP contribution in [0.3, 0.4) is 0 Å². The van der Waals surface area contributed by atoms with Crippen molar-refractivity contribution >= 4 is 11.6 Å². The molecule has 1 fully saturated rings. The van der Waals surface area contributed by atoms with Gasteiger partial charge in [0.2, 0.25) is 5.91 Å². The smallest absolute Gasteiger partial charge is 0.243 e. The molecular weight excluding hydrogens is 290 g/mol. The summed E-state index contributed by atoms with van der Waals surface area (Å²) < 4.78 is 5.91. The number of nitrogens with one attached hydrogen (secondary N) is 2. The molecule has 0 radical (unpaired) electrons. The van der Waals surface area contributed by atoms with Crippen LogP contribution in [-0.2, 0) is 4.79 Å². The van der Waals surface area contributed by atoms with Crippen LogP contribution in [0.25, 0.3) is 0 Å². The van der Waals surface area contributed by atoms with E-state index >= 15 is 0 Å². The second-order valence-electron chi connectivity index (χ2n) is 6.48. The molecule has 0 bridgehead atoms. The number of amides is 1. The lowest BCUT2D eigenvalue weighted by molar-refractivity contribution is -0.127. The monoisotopic (exact) mass is 319 g/mol. The molecule has 0 heterocycles. The van der Waals surface area contributed by atoms with Crippen LogP contribution in [0.15, 0.2) is 24.3 Å². The Morgan fingerprint density at radius 3 is 2.61 bits per heavy atom. The average molecular weight is 319 g/mol. The Bertz CT molecular complexity index is 515. The quantitative estimate of drug-likeness (QED) is 0.722. The molecule has 1 atom stereocenters. The summed E-state index contributed by atoms with van der Waals surface area (Å²) in [5.74, 6) is 1.08. The zero-order chi connectivity index (χ0) is 16.7. The Labute approximate surface area is 139 Å². The number of carbonyl (C=O) groups is 1. The predicted octanol–water partition coefficient (Wildman–Crippen LogP) is 2.52. The van der Waals surface area contributed by atoms with Gasteiger partial charge in [-0.2, -0.15) is 0 Å². The van der Waals surface area contributed by atoms with Crippen molar-refractivity contribution < 1.29 is 9.53 Å². The minimum absolute atomic E-state index is 0.148. The highest BCUT2D eigenvalue weighted by molar-refractivity contribution is 5.86. The lowest BCUT2D eigenvalue weighted by Gasteiger charge is -2.33. The number of hydrogen-bond donors (Lipinski definition) is 3. The fourth-order valence-corrected chi connectivity index (χ4v) is 3.38. The van der Waals surface area contributed by atoms with Crippen LogP contribution in [0.2, 0.25) is 0 Å². The molecule has 2 rings (SSSR count). The third kappa shape index (κ3) is 4.61. The molecule has 0 aromatic heterocycles. The molecule has 0 spiro atoms. The number of hydrogen-bond acceptors (Lipinski definition) is 4. The number of carbonyl (C=O) groups excluding carboxylic acids is 1. The normalized spacial score (nSPS) is 18.0. The van der Waals surface area contributed by atoms with Crippen molar-refractivity contribution in [3.63, 3.8) is 0 Å². The molecule has 5 nitrogen and oxygen atoms in total. The predicted molar refractivity (Wildman–Crippen MR) is 93.7 cm³/mol. The first kappa shape index (κ1) is 17.6. The summed E-state index contributed by atoms with van der Waals surface area (Å²) in [7, 11) is 3.48. The summed E-state index contributed by atoms with van der Waals surface area (Å²) in [5.41, 5.74) is 6.37. The molecule has 1 aromatic carbocycles. The maximum absolute atomic E-state index is 12.4. The SMILES string of the molecule is CNC(=O)C(N)(COc1ccccc1NC)CC1CCCCC1. The van der Waals surface area contributed by atoms with Crippen molar-refractivity contribution in [2.24, 2.45) is 11.7 Å². The van der Waals surface area contributed by atoms with Gasteiger partial charge in [-0.05, 0) is 24.5 Å². The van der Waals surface area contributed by atoms with E-state index in [1.165, 1.54) is 19.3 Å². The van der Waals surface area contributed by atoms with Crippen molar-refractivity contribution in [3.05, 3.63) is 24.3 Å². The van der Waals surface area contributed by atoms with Crippen molar-refractivity contribution in [3.8, 4) is 5.75 Å². The Kier molecular flexibility index (Phi) is 6.28. The molecule has 1 aromatic rings. The number of anilines is 1. The van der Waals surface area contributed by atoms with Crippen LogP contribution in [0.4, 0.5) is 5.69 Å². The summed E-state index contributed by atoms with van der Waals surface area (Å²) in [6.07, 6.45) is 6.75.